The van der Waals surface area contributed by atoms with E-state index in [2.05, 4.69) is 5.32 Å². The summed E-state index contributed by atoms with van der Waals surface area (Å²) in [4.78, 5) is 25.4. The highest BCUT2D eigenvalue weighted by molar-refractivity contribution is 5.72. The molecule has 1 aromatic carbocycles. The molecular weight excluding hydrogens is 308 g/mol. The van der Waals surface area contributed by atoms with Crippen LogP contribution in [0.1, 0.15) is 32.8 Å². The van der Waals surface area contributed by atoms with Gasteiger partial charge in [-0.2, -0.15) is 0 Å². The van der Waals surface area contributed by atoms with Gasteiger partial charge in [0.05, 0.1) is 6.54 Å². The number of nitrogens with one attached hydrogen (secondary N) is 1. The van der Waals surface area contributed by atoms with Crippen LogP contribution < -0.4 is 5.32 Å². The Labute approximate surface area is 143 Å². The largest absolute Gasteiger partial charge is 0.459 e. The van der Waals surface area contributed by atoms with Crippen molar-refractivity contribution >= 4 is 12.1 Å². The minimum absolute atomic E-state index is 0.0850. The number of hydrogen-bond acceptors (Lipinski definition) is 5. The summed E-state index contributed by atoms with van der Waals surface area (Å²) in [5.41, 5.74) is 0.478. The van der Waals surface area contributed by atoms with Gasteiger partial charge in [0.1, 0.15) is 12.2 Å². The van der Waals surface area contributed by atoms with Crippen LogP contribution in [0.4, 0.5) is 4.79 Å². The maximum absolute atomic E-state index is 12.1. The molecule has 6 nitrogen and oxygen atoms in total. The van der Waals surface area contributed by atoms with Gasteiger partial charge in [-0.25, -0.2) is 4.79 Å². The number of ether oxygens (including phenoxy) is 2. The van der Waals surface area contributed by atoms with E-state index in [4.69, 9.17) is 9.47 Å². The third kappa shape index (κ3) is 6.20. The Morgan fingerprint density at radius 1 is 1.25 bits per heavy atom. The molecule has 24 heavy (non-hydrogen) atoms. The van der Waals surface area contributed by atoms with Crippen LogP contribution in [0.2, 0.25) is 0 Å². The molecule has 1 N–H and O–H groups in total. The zero-order valence-corrected chi connectivity index (χ0v) is 14.6. The summed E-state index contributed by atoms with van der Waals surface area (Å²) in [6.45, 7) is 7.10. The first kappa shape index (κ1) is 18.3. The van der Waals surface area contributed by atoms with Gasteiger partial charge in [-0.15, -0.1) is 0 Å². The van der Waals surface area contributed by atoms with Gasteiger partial charge in [0.2, 0.25) is 0 Å². The van der Waals surface area contributed by atoms with Crippen molar-refractivity contribution in [3.05, 3.63) is 35.9 Å². The standard InChI is InChI=1S/C18H26N2O4/c1-18(2,3)24-16(21)11-19-15-9-10-20(12-15)17(22)23-13-14-7-5-4-6-8-14/h4-8,15,19H,9-13H2,1-3H3/t15-/m0/s1. The van der Waals surface area contributed by atoms with Crippen LogP contribution in [0.3, 0.4) is 0 Å². The summed E-state index contributed by atoms with van der Waals surface area (Å²) in [5, 5.41) is 3.14. The van der Waals surface area contributed by atoms with E-state index in [9.17, 15) is 9.59 Å². The van der Waals surface area contributed by atoms with Gasteiger partial charge < -0.3 is 19.7 Å². The monoisotopic (exact) mass is 334 g/mol. The Hall–Kier alpha value is -2.08. The molecule has 0 bridgehead atoms. The SMILES string of the molecule is CC(C)(C)OC(=O)CN[C@H]1CCN(C(=O)OCc2ccccc2)C1. The molecule has 0 saturated carbocycles. The van der Waals surface area contributed by atoms with Crippen molar-refractivity contribution in [2.24, 2.45) is 0 Å². The van der Waals surface area contributed by atoms with Crippen molar-refractivity contribution in [1.82, 2.24) is 10.2 Å². The first-order chi connectivity index (χ1) is 11.3. The van der Waals surface area contributed by atoms with E-state index in [1.807, 2.05) is 51.1 Å². The van der Waals surface area contributed by atoms with Crippen LogP contribution >= 0.6 is 0 Å². The van der Waals surface area contributed by atoms with Crippen LogP contribution in [0.25, 0.3) is 0 Å². The lowest BCUT2D eigenvalue weighted by molar-refractivity contribution is -0.153. The molecule has 132 valence electrons. The molecule has 1 amide bonds. The molecule has 1 saturated heterocycles. The van der Waals surface area contributed by atoms with Gasteiger partial charge in [0, 0.05) is 19.1 Å². The third-order valence-corrected chi connectivity index (χ3v) is 3.61. The Bertz CT molecular complexity index is 554. The van der Waals surface area contributed by atoms with E-state index in [-0.39, 0.29) is 31.3 Å². The zero-order chi connectivity index (χ0) is 17.6. The molecule has 0 unspecified atom stereocenters. The molecule has 0 aromatic heterocycles. The molecule has 0 aliphatic carbocycles. The fourth-order valence-corrected chi connectivity index (χ4v) is 2.51. The maximum Gasteiger partial charge on any atom is 0.410 e. The number of carbonyl (C=O) groups excluding carboxylic acids is 2. The Kier molecular flexibility index (Phi) is 6.20. The second-order valence-corrected chi connectivity index (χ2v) is 6.94. The summed E-state index contributed by atoms with van der Waals surface area (Å²) < 4.78 is 10.6. The highest BCUT2D eigenvalue weighted by atomic mass is 16.6. The fraction of sp³-hybridized carbons (Fsp3) is 0.556. The first-order valence-corrected chi connectivity index (χ1v) is 8.24. The normalized spacial score (nSPS) is 17.6. The molecule has 0 spiro atoms. The fourth-order valence-electron chi connectivity index (χ4n) is 2.51. The Morgan fingerprint density at radius 3 is 2.62 bits per heavy atom. The summed E-state index contributed by atoms with van der Waals surface area (Å²) in [5.74, 6) is -0.285. The summed E-state index contributed by atoms with van der Waals surface area (Å²) in [7, 11) is 0. The Morgan fingerprint density at radius 2 is 1.96 bits per heavy atom. The van der Waals surface area contributed by atoms with Crippen LogP contribution in [0.5, 0.6) is 0 Å². The molecule has 2 rings (SSSR count). The second kappa shape index (κ2) is 8.15. The minimum atomic E-state index is -0.484. The first-order valence-electron chi connectivity index (χ1n) is 8.24. The number of amides is 1. The van der Waals surface area contributed by atoms with Gasteiger partial charge in [0.15, 0.2) is 0 Å². The van der Waals surface area contributed by atoms with E-state index < -0.39 is 5.60 Å². The lowest BCUT2D eigenvalue weighted by Gasteiger charge is -2.21. The van der Waals surface area contributed by atoms with Gasteiger partial charge in [-0.1, -0.05) is 30.3 Å². The highest BCUT2D eigenvalue weighted by Crippen LogP contribution is 2.12. The number of esters is 1. The van der Waals surface area contributed by atoms with Crippen molar-refractivity contribution in [2.75, 3.05) is 19.6 Å². The molecule has 0 radical (unpaired) electrons. The molecule has 1 atom stereocenters. The van der Waals surface area contributed by atoms with Crippen molar-refractivity contribution < 1.29 is 19.1 Å². The summed E-state index contributed by atoms with van der Waals surface area (Å²) in [6.07, 6.45) is 0.476. The van der Waals surface area contributed by atoms with E-state index >= 15 is 0 Å². The Balaban J connectivity index is 1.68. The lowest BCUT2D eigenvalue weighted by atomic mass is 10.2. The quantitative estimate of drug-likeness (QED) is 0.837. The van der Waals surface area contributed by atoms with Crippen LogP contribution in [-0.4, -0.2) is 48.2 Å². The zero-order valence-electron chi connectivity index (χ0n) is 14.6. The van der Waals surface area contributed by atoms with E-state index in [1.165, 1.54) is 0 Å². The van der Waals surface area contributed by atoms with Crippen LogP contribution in [-0.2, 0) is 20.9 Å². The lowest BCUT2D eigenvalue weighted by Crippen LogP contribution is -2.39. The van der Waals surface area contributed by atoms with Gasteiger partial charge in [0.25, 0.3) is 0 Å². The highest BCUT2D eigenvalue weighted by Gasteiger charge is 2.28. The topological polar surface area (TPSA) is 67.9 Å². The average molecular weight is 334 g/mol. The van der Waals surface area contributed by atoms with Gasteiger partial charge >= 0.3 is 12.1 Å². The van der Waals surface area contributed by atoms with Crippen LogP contribution in [0.15, 0.2) is 30.3 Å². The van der Waals surface area contributed by atoms with Crippen molar-refractivity contribution in [1.29, 1.82) is 0 Å². The molecule has 1 aliphatic rings. The molecule has 6 heteroatoms. The predicted molar refractivity (Wildman–Crippen MR) is 90.5 cm³/mol. The number of benzene rings is 1. The maximum atomic E-state index is 12.1. The molecule has 1 aliphatic heterocycles. The smallest absolute Gasteiger partial charge is 0.410 e. The molecular formula is C18H26N2O4. The number of carbonyl (C=O) groups is 2. The molecule has 1 heterocycles. The van der Waals surface area contributed by atoms with Gasteiger partial charge in [-0.05, 0) is 32.8 Å². The number of nitrogens with zero attached hydrogens (tertiary/aromatic N) is 1. The van der Waals surface area contributed by atoms with Crippen molar-refractivity contribution in [3.63, 3.8) is 0 Å². The number of rotatable bonds is 5. The number of likely N-dealkylation sites (tertiary alicyclic amines) is 1. The predicted octanol–water partition coefficient (Wildman–Crippen LogP) is 2.33. The van der Waals surface area contributed by atoms with Crippen molar-refractivity contribution in [2.45, 2.75) is 45.4 Å². The van der Waals surface area contributed by atoms with Crippen molar-refractivity contribution in [3.8, 4) is 0 Å². The minimum Gasteiger partial charge on any atom is -0.459 e. The summed E-state index contributed by atoms with van der Waals surface area (Å²) >= 11 is 0. The van der Waals surface area contributed by atoms with Gasteiger partial charge in [-0.3, -0.25) is 4.79 Å². The second-order valence-electron chi connectivity index (χ2n) is 6.94. The van der Waals surface area contributed by atoms with E-state index in [0.29, 0.717) is 13.1 Å². The summed E-state index contributed by atoms with van der Waals surface area (Å²) in [6, 6.07) is 9.67. The molecule has 1 aromatic rings. The third-order valence-electron chi connectivity index (χ3n) is 3.61. The number of hydrogen-bond donors (Lipinski definition) is 1. The van der Waals surface area contributed by atoms with Crippen LogP contribution in [0, 0.1) is 0 Å². The van der Waals surface area contributed by atoms with E-state index in [1.54, 1.807) is 4.90 Å². The average Bonchev–Trinajstić information content (AvgIpc) is 2.99. The van der Waals surface area contributed by atoms with E-state index in [0.717, 1.165) is 12.0 Å². The molecule has 1 fully saturated rings.